The molecular formula is C25H19ClN4O6. The quantitative estimate of drug-likeness (QED) is 0.215. The van der Waals surface area contributed by atoms with Crippen LogP contribution >= 0.6 is 11.6 Å². The van der Waals surface area contributed by atoms with E-state index in [0.717, 1.165) is 16.6 Å². The number of hydrazine groups is 1. The molecule has 182 valence electrons. The Hall–Kier alpha value is -4.70. The zero-order valence-corrected chi connectivity index (χ0v) is 19.6. The van der Waals surface area contributed by atoms with Crippen LogP contribution in [0.1, 0.15) is 11.1 Å². The summed E-state index contributed by atoms with van der Waals surface area (Å²) in [6.45, 7) is 1.29. The Kier molecular flexibility index (Phi) is 6.98. The van der Waals surface area contributed by atoms with Crippen LogP contribution in [0.15, 0.2) is 72.3 Å². The summed E-state index contributed by atoms with van der Waals surface area (Å²) in [4.78, 5) is 48.5. The van der Waals surface area contributed by atoms with Crippen molar-refractivity contribution in [3.8, 4) is 5.75 Å². The van der Waals surface area contributed by atoms with Gasteiger partial charge in [0.1, 0.15) is 5.57 Å². The fourth-order valence-electron chi connectivity index (χ4n) is 3.48. The lowest BCUT2D eigenvalue weighted by Crippen LogP contribution is -2.35. The second-order valence-corrected chi connectivity index (χ2v) is 8.14. The van der Waals surface area contributed by atoms with E-state index < -0.39 is 34.9 Å². The van der Waals surface area contributed by atoms with E-state index in [9.17, 15) is 24.5 Å². The number of benzene rings is 3. The van der Waals surface area contributed by atoms with E-state index in [2.05, 4.69) is 10.7 Å². The van der Waals surface area contributed by atoms with Gasteiger partial charge in [-0.3, -0.25) is 29.9 Å². The minimum atomic E-state index is -0.727. The number of carbonyl (C=O) groups is 3. The van der Waals surface area contributed by atoms with Gasteiger partial charge < -0.3 is 10.1 Å². The fraction of sp³-hybridized carbons (Fsp3) is 0.0800. The molecule has 0 saturated carbocycles. The van der Waals surface area contributed by atoms with Crippen LogP contribution in [-0.4, -0.2) is 29.3 Å². The Labute approximate surface area is 210 Å². The largest absolute Gasteiger partial charge is 0.476 e. The predicted octanol–water partition coefficient (Wildman–Crippen LogP) is 4.04. The number of para-hydroxylation sites is 2. The van der Waals surface area contributed by atoms with Crippen molar-refractivity contribution in [1.82, 2.24) is 5.43 Å². The fourth-order valence-corrected chi connectivity index (χ4v) is 3.76. The van der Waals surface area contributed by atoms with Gasteiger partial charge in [0.05, 0.1) is 15.6 Å². The number of anilines is 2. The molecule has 0 spiro atoms. The van der Waals surface area contributed by atoms with Gasteiger partial charge in [0.15, 0.2) is 6.61 Å². The second-order valence-electron chi connectivity index (χ2n) is 7.73. The Morgan fingerprint density at radius 3 is 2.53 bits per heavy atom. The number of aryl methyl sites for hydroxylation is 1. The Bertz CT molecular complexity index is 1410. The van der Waals surface area contributed by atoms with Crippen molar-refractivity contribution in [2.75, 3.05) is 16.9 Å². The van der Waals surface area contributed by atoms with Gasteiger partial charge in [0.25, 0.3) is 17.7 Å². The Balaban J connectivity index is 1.55. The van der Waals surface area contributed by atoms with Crippen molar-refractivity contribution in [3.05, 3.63) is 98.6 Å². The third kappa shape index (κ3) is 5.18. The monoisotopic (exact) mass is 506 g/mol. The molecule has 0 bridgehead atoms. The summed E-state index contributed by atoms with van der Waals surface area (Å²) in [7, 11) is 0. The molecule has 0 aliphatic carbocycles. The van der Waals surface area contributed by atoms with Gasteiger partial charge in [-0.15, -0.1) is 0 Å². The van der Waals surface area contributed by atoms with E-state index in [4.69, 9.17) is 16.3 Å². The molecule has 0 aromatic heterocycles. The Morgan fingerprint density at radius 2 is 1.83 bits per heavy atom. The van der Waals surface area contributed by atoms with Gasteiger partial charge in [-0.25, -0.2) is 5.01 Å². The summed E-state index contributed by atoms with van der Waals surface area (Å²) >= 11 is 6.24. The smallest absolute Gasteiger partial charge is 0.313 e. The molecule has 1 aliphatic rings. The summed E-state index contributed by atoms with van der Waals surface area (Å²) in [6.07, 6.45) is 1.20. The number of halogens is 1. The highest BCUT2D eigenvalue weighted by molar-refractivity contribution is 6.33. The van der Waals surface area contributed by atoms with Crippen LogP contribution in [0.2, 0.25) is 5.02 Å². The van der Waals surface area contributed by atoms with Gasteiger partial charge >= 0.3 is 5.69 Å². The lowest BCUT2D eigenvalue weighted by Gasteiger charge is -2.13. The van der Waals surface area contributed by atoms with Crippen LogP contribution in [0.3, 0.4) is 0 Å². The number of nitro groups is 1. The summed E-state index contributed by atoms with van der Waals surface area (Å²) in [6, 6.07) is 18.0. The molecule has 0 atom stereocenters. The summed E-state index contributed by atoms with van der Waals surface area (Å²) in [5.41, 5.74) is 3.71. The maximum atomic E-state index is 12.8. The SMILES string of the molecule is Cc1ccccc1NC(=O)COc1c(Cl)cc(/C=C2/C(=O)NN(c3ccccc3)C2=O)cc1[N+](=O)[O-]. The molecule has 1 saturated heterocycles. The van der Waals surface area contributed by atoms with Crippen molar-refractivity contribution in [2.24, 2.45) is 0 Å². The Morgan fingerprint density at radius 1 is 1.14 bits per heavy atom. The molecule has 10 nitrogen and oxygen atoms in total. The standard InChI is InChI=1S/C25H19ClN4O6/c1-15-7-5-6-10-20(15)27-22(31)14-36-23-19(26)12-16(13-21(23)30(34)35)11-18-24(32)28-29(25(18)33)17-8-3-2-4-9-17/h2-13H,14H2,1H3,(H,27,31)(H,28,32)/b18-11-. The van der Waals surface area contributed by atoms with E-state index >= 15 is 0 Å². The predicted molar refractivity (Wildman–Crippen MR) is 133 cm³/mol. The second kappa shape index (κ2) is 10.3. The number of nitrogens with one attached hydrogen (secondary N) is 2. The number of nitro benzene ring substituents is 1. The molecule has 1 aliphatic heterocycles. The van der Waals surface area contributed by atoms with E-state index in [1.165, 1.54) is 12.1 Å². The lowest BCUT2D eigenvalue weighted by molar-refractivity contribution is -0.385. The van der Waals surface area contributed by atoms with Gasteiger partial charge in [0.2, 0.25) is 5.75 Å². The molecule has 4 rings (SSSR count). The van der Waals surface area contributed by atoms with Gasteiger partial charge in [0, 0.05) is 11.8 Å². The number of amides is 3. The molecule has 3 amide bonds. The lowest BCUT2D eigenvalue weighted by atomic mass is 10.1. The number of nitrogens with zero attached hydrogens (tertiary/aromatic N) is 2. The van der Waals surface area contributed by atoms with Crippen molar-refractivity contribution in [3.63, 3.8) is 0 Å². The first-order valence-electron chi connectivity index (χ1n) is 10.6. The molecule has 1 heterocycles. The van der Waals surface area contributed by atoms with E-state index in [0.29, 0.717) is 11.4 Å². The third-order valence-electron chi connectivity index (χ3n) is 5.23. The first-order chi connectivity index (χ1) is 17.2. The van der Waals surface area contributed by atoms with Crippen LogP contribution in [0.4, 0.5) is 17.1 Å². The van der Waals surface area contributed by atoms with E-state index in [1.807, 2.05) is 19.1 Å². The number of hydrogen-bond acceptors (Lipinski definition) is 6. The van der Waals surface area contributed by atoms with E-state index in [-0.39, 0.29) is 21.9 Å². The summed E-state index contributed by atoms with van der Waals surface area (Å²) in [5, 5.41) is 15.3. The molecule has 3 aromatic rings. The molecule has 1 fully saturated rings. The van der Waals surface area contributed by atoms with Crippen LogP contribution in [-0.2, 0) is 14.4 Å². The van der Waals surface area contributed by atoms with Gasteiger partial charge in [-0.2, -0.15) is 0 Å². The van der Waals surface area contributed by atoms with Crippen molar-refractivity contribution >= 4 is 52.5 Å². The molecule has 0 radical (unpaired) electrons. The first-order valence-corrected chi connectivity index (χ1v) is 11.0. The number of hydrogen-bond donors (Lipinski definition) is 2. The molecule has 0 unspecified atom stereocenters. The maximum absolute atomic E-state index is 12.8. The molecule has 3 aromatic carbocycles. The highest BCUT2D eigenvalue weighted by atomic mass is 35.5. The molecular weight excluding hydrogens is 488 g/mol. The van der Waals surface area contributed by atoms with E-state index in [1.54, 1.807) is 42.5 Å². The van der Waals surface area contributed by atoms with Crippen LogP contribution in [0.25, 0.3) is 6.08 Å². The van der Waals surface area contributed by atoms with Crippen molar-refractivity contribution in [1.29, 1.82) is 0 Å². The van der Waals surface area contributed by atoms with Crippen LogP contribution in [0, 0.1) is 17.0 Å². The average molecular weight is 507 g/mol. The van der Waals surface area contributed by atoms with Gasteiger partial charge in [-0.05, 0) is 48.4 Å². The molecule has 11 heteroatoms. The highest BCUT2D eigenvalue weighted by Gasteiger charge is 2.34. The third-order valence-corrected chi connectivity index (χ3v) is 5.51. The normalized spacial score (nSPS) is 14.1. The zero-order chi connectivity index (χ0) is 25.8. The van der Waals surface area contributed by atoms with Gasteiger partial charge in [-0.1, -0.05) is 48.0 Å². The molecule has 36 heavy (non-hydrogen) atoms. The first kappa shape index (κ1) is 24.4. The summed E-state index contributed by atoms with van der Waals surface area (Å²) < 4.78 is 5.38. The minimum Gasteiger partial charge on any atom is -0.476 e. The number of rotatable bonds is 7. The van der Waals surface area contributed by atoms with Crippen molar-refractivity contribution < 1.29 is 24.0 Å². The zero-order valence-electron chi connectivity index (χ0n) is 18.9. The number of carbonyl (C=O) groups excluding carboxylic acids is 3. The minimum absolute atomic E-state index is 0.136. The number of ether oxygens (including phenoxy) is 1. The summed E-state index contributed by atoms with van der Waals surface area (Å²) in [5.74, 6) is -2.14. The molecule has 2 N–H and O–H groups in total. The topological polar surface area (TPSA) is 131 Å². The van der Waals surface area contributed by atoms with Crippen LogP contribution < -0.4 is 20.5 Å². The highest BCUT2D eigenvalue weighted by Crippen LogP contribution is 2.37. The van der Waals surface area contributed by atoms with Crippen molar-refractivity contribution in [2.45, 2.75) is 6.92 Å². The van der Waals surface area contributed by atoms with Crippen LogP contribution in [0.5, 0.6) is 5.75 Å². The maximum Gasteiger partial charge on any atom is 0.313 e. The average Bonchev–Trinajstić information content (AvgIpc) is 3.13.